The molecule has 0 fully saturated rings. The molecule has 0 aliphatic heterocycles. The predicted molar refractivity (Wildman–Crippen MR) is 81.3 cm³/mol. The summed E-state index contributed by atoms with van der Waals surface area (Å²) in [6.07, 6.45) is 8.54. The zero-order chi connectivity index (χ0) is 14.1. The van der Waals surface area contributed by atoms with Gasteiger partial charge in [0.15, 0.2) is 0 Å². The van der Waals surface area contributed by atoms with Crippen LogP contribution in [0.15, 0.2) is 24.3 Å². The summed E-state index contributed by atoms with van der Waals surface area (Å²) >= 11 is 0. The van der Waals surface area contributed by atoms with Crippen molar-refractivity contribution in [2.75, 3.05) is 6.54 Å². The zero-order valence-electron chi connectivity index (χ0n) is 12.3. The number of unbranched alkanes of at least 4 members (excludes halogenated alkanes) is 2. The molecule has 1 rings (SSSR count). The van der Waals surface area contributed by atoms with Crippen molar-refractivity contribution in [3.8, 4) is 18.1 Å². The van der Waals surface area contributed by atoms with Gasteiger partial charge in [0.25, 0.3) is 0 Å². The van der Waals surface area contributed by atoms with Crippen molar-refractivity contribution in [1.29, 1.82) is 0 Å². The standard InChI is InChI=1S/C17H25NO/c1-5-6-7-8-13-18-15(4)16-9-11-17(12-10-16)19-14(2)3/h1,9-12,14-15,18H,6-8,13H2,2-4H3. The molecule has 0 bridgehead atoms. The fourth-order valence-corrected chi connectivity index (χ4v) is 1.90. The van der Waals surface area contributed by atoms with Crippen molar-refractivity contribution in [3.63, 3.8) is 0 Å². The Labute approximate surface area is 117 Å². The molecule has 1 N–H and O–H groups in total. The molecule has 0 saturated heterocycles. The highest BCUT2D eigenvalue weighted by atomic mass is 16.5. The minimum Gasteiger partial charge on any atom is -0.491 e. The number of nitrogens with one attached hydrogen (secondary N) is 1. The van der Waals surface area contributed by atoms with E-state index < -0.39 is 0 Å². The highest BCUT2D eigenvalue weighted by Gasteiger charge is 2.05. The Morgan fingerprint density at radius 2 is 1.84 bits per heavy atom. The van der Waals surface area contributed by atoms with E-state index in [0.29, 0.717) is 6.04 Å². The van der Waals surface area contributed by atoms with Gasteiger partial charge in [0.1, 0.15) is 5.75 Å². The Kier molecular flexibility index (Phi) is 7.07. The molecule has 1 unspecified atom stereocenters. The molecule has 0 amide bonds. The Balaban J connectivity index is 2.36. The maximum atomic E-state index is 5.64. The molecular weight excluding hydrogens is 234 g/mol. The summed E-state index contributed by atoms with van der Waals surface area (Å²) < 4.78 is 5.64. The summed E-state index contributed by atoms with van der Waals surface area (Å²) in [5.74, 6) is 3.60. The first-order valence-electron chi connectivity index (χ1n) is 7.07. The summed E-state index contributed by atoms with van der Waals surface area (Å²) in [6.45, 7) is 7.26. The topological polar surface area (TPSA) is 21.3 Å². The Morgan fingerprint density at radius 1 is 1.16 bits per heavy atom. The van der Waals surface area contributed by atoms with Crippen LogP contribution in [-0.4, -0.2) is 12.6 Å². The van der Waals surface area contributed by atoms with Crippen LogP contribution >= 0.6 is 0 Å². The van der Waals surface area contributed by atoms with Crippen LogP contribution in [0.2, 0.25) is 0 Å². The number of ether oxygens (including phenoxy) is 1. The lowest BCUT2D eigenvalue weighted by Crippen LogP contribution is -2.19. The molecule has 2 heteroatoms. The van der Waals surface area contributed by atoms with Gasteiger partial charge in [-0.1, -0.05) is 12.1 Å². The van der Waals surface area contributed by atoms with Crippen LogP contribution in [0.5, 0.6) is 5.75 Å². The number of benzene rings is 1. The van der Waals surface area contributed by atoms with E-state index >= 15 is 0 Å². The van der Waals surface area contributed by atoms with Crippen molar-refractivity contribution < 1.29 is 4.74 Å². The summed E-state index contributed by atoms with van der Waals surface area (Å²) in [5, 5.41) is 3.51. The van der Waals surface area contributed by atoms with Crippen LogP contribution in [0.25, 0.3) is 0 Å². The lowest BCUT2D eigenvalue weighted by molar-refractivity contribution is 0.242. The SMILES string of the molecule is C#CCCCCNC(C)c1ccc(OC(C)C)cc1. The summed E-state index contributed by atoms with van der Waals surface area (Å²) in [5.41, 5.74) is 1.29. The average Bonchev–Trinajstić information content (AvgIpc) is 2.38. The normalized spacial score (nSPS) is 12.2. The maximum Gasteiger partial charge on any atom is 0.119 e. The van der Waals surface area contributed by atoms with Gasteiger partial charge < -0.3 is 10.1 Å². The Hall–Kier alpha value is -1.46. The molecule has 0 heterocycles. The second-order valence-electron chi connectivity index (χ2n) is 5.07. The van der Waals surface area contributed by atoms with Crippen LogP contribution in [0, 0.1) is 12.3 Å². The smallest absolute Gasteiger partial charge is 0.119 e. The van der Waals surface area contributed by atoms with E-state index in [1.807, 2.05) is 26.0 Å². The molecule has 0 saturated carbocycles. The number of hydrogen-bond acceptors (Lipinski definition) is 2. The second kappa shape index (κ2) is 8.61. The molecule has 0 aliphatic carbocycles. The van der Waals surface area contributed by atoms with Crippen LogP contribution in [-0.2, 0) is 0 Å². The Morgan fingerprint density at radius 3 is 2.42 bits per heavy atom. The van der Waals surface area contributed by atoms with Gasteiger partial charge in [0, 0.05) is 12.5 Å². The summed E-state index contributed by atoms with van der Waals surface area (Å²) in [7, 11) is 0. The molecule has 0 aromatic heterocycles. The van der Waals surface area contributed by atoms with E-state index in [4.69, 9.17) is 11.2 Å². The molecule has 0 aliphatic rings. The highest BCUT2D eigenvalue weighted by molar-refractivity contribution is 5.29. The molecule has 2 nitrogen and oxygen atoms in total. The molecule has 1 aromatic carbocycles. The number of hydrogen-bond donors (Lipinski definition) is 1. The van der Waals surface area contributed by atoms with Gasteiger partial charge in [-0.2, -0.15) is 0 Å². The predicted octanol–water partition coefficient (Wildman–Crippen LogP) is 3.93. The van der Waals surface area contributed by atoms with E-state index in [9.17, 15) is 0 Å². The summed E-state index contributed by atoms with van der Waals surface area (Å²) in [6, 6.07) is 8.67. The monoisotopic (exact) mass is 259 g/mol. The lowest BCUT2D eigenvalue weighted by Gasteiger charge is -2.15. The lowest BCUT2D eigenvalue weighted by atomic mass is 10.1. The third-order valence-electron chi connectivity index (χ3n) is 2.95. The van der Waals surface area contributed by atoms with Crippen LogP contribution in [0.3, 0.4) is 0 Å². The summed E-state index contributed by atoms with van der Waals surface area (Å²) in [4.78, 5) is 0. The van der Waals surface area contributed by atoms with E-state index in [1.165, 1.54) is 5.56 Å². The fraction of sp³-hybridized carbons (Fsp3) is 0.529. The van der Waals surface area contributed by atoms with Crippen molar-refractivity contribution in [2.24, 2.45) is 0 Å². The first-order valence-corrected chi connectivity index (χ1v) is 7.07. The fourth-order valence-electron chi connectivity index (χ4n) is 1.90. The molecule has 0 radical (unpaired) electrons. The van der Waals surface area contributed by atoms with Gasteiger partial charge in [-0.15, -0.1) is 12.3 Å². The largest absolute Gasteiger partial charge is 0.491 e. The van der Waals surface area contributed by atoms with Crippen molar-refractivity contribution in [1.82, 2.24) is 5.32 Å². The molecule has 0 spiro atoms. The molecule has 1 atom stereocenters. The second-order valence-corrected chi connectivity index (χ2v) is 5.07. The van der Waals surface area contributed by atoms with Crippen LogP contribution < -0.4 is 10.1 Å². The zero-order valence-corrected chi connectivity index (χ0v) is 12.3. The third-order valence-corrected chi connectivity index (χ3v) is 2.95. The first-order chi connectivity index (χ1) is 9.13. The van der Waals surface area contributed by atoms with Gasteiger partial charge in [-0.05, 0) is 57.9 Å². The number of rotatable bonds is 8. The van der Waals surface area contributed by atoms with Gasteiger partial charge in [-0.25, -0.2) is 0 Å². The van der Waals surface area contributed by atoms with Crippen molar-refractivity contribution >= 4 is 0 Å². The van der Waals surface area contributed by atoms with Crippen molar-refractivity contribution in [2.45, 2.75) is 52.2 Å². The first kappa shape index (κ1) is 15.6. The van der Waals surface area contributed by atoms with Gasteiger partial charge >= 0.3 is 0 Å². The van der Waals surface area contributed by atoms with E-state index in [1.54, 1.807) is 0 Å². The van der Waals surface area contributed by atoms with Crippen LogP contribution in [0.1, 0.15) is 51.6 Å². The van der Waals surface area contributed by atoms with E-state index in [-0.39, 0.29) is 6.10 Å². The number of terminal acetylenes is 1. The quantitative estimate of drug-likeness (QED) is 0.564. The van der Waals surface area contributed by atoms with Crippen LogP contribution in [0.4, 0.5) is 0 Å². The maximum absolute atomic E-state index is 5.64. The van der Waals surface area contributed by atoms with E-state index in [2.05, 4.69) is 30.3 Å². The minimum atomic E-state index is 0.220. The molecule has 104 valence electrons. The highest BCUT2D eigenvalue weighted by Crippen LogP contribution is 2.18. The minimum absolute atomic E-state index is 0.220. The van der Waals surface area contributed by atoms with E-state index in [0.717, 1.165) is 31.6 Å². The third kappa shape index (κ3) is 6.31. The molecule has 1 aromatic rings. The van der Waals surface area contributed by atoms with Gasteiger partial charge in [-0.3, -0.25) is 0 Å². The Bertz CT molecular complexity index is 389. The van der Waals surface area contributed by atoms with Crippen molar-refractivity contribution in [3.05, 3.63) is 29.8 Å². The van der Waals surface area contributed by atoms with Gasteiger partial charge in [0.05, 0.1) is 6.10 Å². The average molecular weight is 259 g/mol. The molecular formula is C17H25NO. The van der Waals surface area contributed by atoms with Gasteiger partial charge in [0.2, 0.25) is 0 Å². The molecule has 19 heavy (non-hydrogen) atoms.